The van der Waals surface area contributed by atoms with Crippen LogP contribution in [0.5, 0.6) is 0 Å². The van der Waals surface area contributed by atoms with E-state index in [4.69, 9.17) is 4.74 Å². The number of hydrogen-bond acceptors (Lipinski definition) is 4. The Kier molecular flexibility index (Phi) is 3.26. The Morgan fingerprint density at radius 2 is 2.00 bits per heavy atom. The van der Waals surface area contributed by atoms with Gasteiger partial charge in [0.2, 0.25) is 0 Å². The number of pyridine rings is 1. The Morgan fingerprint density at radius 3 is 2.67 bits per heavy atom. The van der Waals surface area contributed by atoms with Crippen molar-refractivity contribution in [2.75, 3.05) is 26.3 Å². The minimum atomic E-state index is -0.0979. The molecule has 1 N–H and O–H groups in total. The summed E-state index contributed by atoms with van der Waals surface area (Å²) in [4.78, 5) is 15.6. The Morgan fingerprint density at radius 1 is 1.33 bits per heavy atom. The third kappa shape index (κ3) is 2.74. The topological polar surface area (TPSA) is 54.5 Å². The largest absolute Gasteiger partial charge is 0.379 e. The van der Waals surface area contributed by atoms with E-state index in [-0.39, 0.29) is 5.91 Å². The second kappa shape index (κ2) is 4.86. The van der Waals surface area contributed by atoms with Crippen LogP contribution in [0.1, 0.15) is 10.4 Å². The summed E-state index contributed by atoms with van der Waals surface area (Å²) in [5.74, 6) is -0.0979. The number of amides is 1. The molecular weight excluding hydrogens is 194 g/mol. The van der Waals surface area contributed by atoms with Gasteiger partial charge in [0, 0.05) is 31.0 Å². The minimum absolute atomic E-state index is 0.0979. The molecule has 0 atom stereocenters. The van der Waals surface area contributed by atoms with Crippen LogP contribution >= 0.6 is 0 Å². The van der Waals surface area contributed by atoms with E-state index in [0.717, 1.165) is 13.1 Å². The van der Waals surface area contributed by atoms with Crippen LogP contribution in [0.15, 0.2) is 24.5 Å². The van der Waals surface area contributed by atoms with Gasteiger partial charge in [0.25, 0.3) is 5.91 Å². The summed E-state index contributed by atoms with van der Waals surface area (Å²) < 4.78 is 5.18. The van der Waals surface area contributed by atoms with Gasteiger partial charge in [-0.05, 0) is 12.1 Å². The summed E-state index contributed by atoms with van der Waals surface area (Å²) in [5, 5.41) is 1.87. The van der Waals surface area contributed by atoms with Crippen LogP contribution < -0.4 is 5.43 Å². The van der Waals surface area contributed by atoms with Crippen molar-refractivity contribution in [3.05, 3.63) is 30.1 Å². The summed E-state index contributed by atoms with van der Waals surface area (Å²) in [6, 6.07) is 3.38. The molecule has 1 aliphatic heterocycles. The van der Waals surface area contributed by atoms with E-state index in [9.17, 15) is 4.79 Å². The van der Waals surface area contributed by atoms with Crippen molar-refractivity contribution >= 4 is 5.91 Å². The lowest BCUT2D eigenvalue weighted by Gasteiger charge is -2.26. The fourth-order valence-corrected chi connectivity index (χ4v) is 1.39. The summed E-state index contributed by atoms with van der Waals surface area (Å²) in [7, 11) is 0. The third-order valence-electron chi connectivity index (χ3n) is 2.21. The van der Waals surface area contributed by atoms with Crippen molar-refractivity contribution in [3.8, 4) is 0 Å². The van der Waals surface area contributed by atoms with Crippen LogP contribution in [0.4, 0.5) is 0 Å². The summed E-state index contributed by atoms with van der Waals surface area (Å²) in [5.41, 5.74) is 3.44. The molecule has 0 unspecified atom stereocenters. The van der Waals surface area contributed by atoms with Crippen molar-refractivity contribution in [2.24, 2.45) is 0 Å². The van der Waals surface area contributed by atoms with E-state index < -0.39 is 0 Å². The SMILES string of the molecule is O=C(NN1CCOCC1)c1ccncc1. The molecule has 1 aromatic heterocycles. The molecule has 1 saturated heterocycles. The average Bonchev–Trinajstić information content (AvgIpc) is 2.31. The van der Waals surface area contributed by atoms with Crippen LogP contribution in [0.25, 0.3) is 0 Å². The molecule has 1 amide bonds. The molecule has 1 fully saturated rings. The Bertz CT molecular complexity index is 323. The van der Waals surface area contributed by atoms with Crippen LogP contribution in [0, 0.1) is 0 Å². The zero-order valence-corrected chi connectivity index (χ0v) is 8.35. The first-order valence-corrected chi connectivity index (χ1v) is 4.90. The molecule has 0 spiro atoms. The highest BCUT2D eigenvalue weighted by Gasteiger charge is 2.13. The molecule has 0 aliphatic carbocycles. The molecule has 2 rings (SSSR count). The molecule has 5 nitrogen and oxygen atoms in total. The van der Waals surface area contributed by atoms with Crippen LogP contribution in [0.2, 0.25) is 0 Å². The molecule has 0 saturated carbocycles. The molecule has 0 bridgehead atoms. The van der Waals surface area contributed by atoms with Gasteiger partial charge < -0.3 is 4.74 Å². The number of rotatable bonds is 2. The minimum Gasteiger partial charge on any atom is -0.379 e. The summed E-state index contributed by atoms with van der Waals surface area (Å²) in [6.07, 6.45) is 3.21. The summed E-state index contributed by atoms with van der Waals surface area (Å²) in [6.45, 7) is 2.79. The maximum atomic E-state index is 11.7. The fourth-order valence-electron chi connectivity index (χ4n) is 1.39. The molecule has 0 radical (unpaired) electrons. The number of nitrogens with one attached hydrogen (secondary N) is 1. The number of carbonyl (C=O) groups is 1. The first-order chi connectivity index (χ1) is 7.36. The first-order valence-electron chi connectivity index (χ1n) is 4.90. The molecule has 1 aliphatic rings. The van der Waals surface area contributed by atoms with Gasteiger partial charge in [0.1, 0.15) is 0 Å². The zero-order valence-electron chi connectivity index (χ0n) is 8.35. The predicted molar refractivity (Wildman–Crippen MR) is 54.1 cm³/mol. The van der Waals surface area contributed by atoms with Gasteiger partial charge in [-0.3, -0.25) is 15.2 Å². The standard InChI is InChI=1S/C10H13N3O2/c14-10(9-1-3-11-4-2-9)12-13-5-7-15-8-6-13/h1-4H,5-8H2,(H,12,14). The van der Waals surface area contributed by atoms with Crippen LogP contribution in [0.3, 0.4) is 0 Å². The van der Waals surface area contributed by atoms with Gasteiger partial charge in [-0.2, -0.15) is 0 Å². The lowest BCUT2D eigenvalue weighted by Crippen LogP contribution is -2.48. The Balaban J connectivity index is 1.91. The third-order valence-corrected chi connectivity index (χ3v) is 2.21. The van der Waals surface area contributed by atoms with E-state index in [0.29, 0.717) is 18.8 Å². The monoisotopic (exact) mass is 207 g/mol. The zero-order chi connectivity index (χ0) is 10.5. The van der Waals surface area contributed by atoms with E-state index in [1.54, 1.807) is 24.5 Å². The molecule has 5 heteroatoms. The number of ether oxygens (including phenoxy) is 1. The second-order valence-corrected chi connectivity index (χ2v) is 3.28. The van der Waals surface area contributed by atoms with E-state index in [1.165, 1.54) is 0 Å². The molecule has 80 valence electrons. The molecule has 0 aromatic carbocycles. The van der Waals surface area contributed by atoms with Gasteiger partial charge in [0.05, 0.1) is 13.2 Å². The van der Waals surface area contributed by atoms with Crippen molar-refractivity contribution in [3.63, 3.8) is 0 Å². The Labute approximate surface area is 88.0 Å². The van der Waals surface area contributed by atoms with Gasteiger partial charge >= 0.3 is 0 Å². The maximum Gasteiger partial charge on any atom is 0.265 e. The number of carbonyl (C=O) groups excluding carboxylic acids is 1. The van der Waals surface area contributed by atoms with Gasteiger partial charge in [-0.25, -0.2) is 5.01 Å². The van der Waals surface area contributed by atoms with Crippen molar-refractivity contribution < 1.29 is 9.53 Å². The molecule has 2 heterocycles. The van der Waals surface area contributed by atoms with Crippen molar-refractivity contribution in [2.45, 2.75) is 0 Å². The smallest absolute Gasteiger partial charge is 0.265 e. The van der Waals surface area contributed by atoms with Crippen molar-refractivity contribution in [1.29, 1.82) is 0 Å². The van der Waals surface area contributed by atoms with Crippen LogP contribution in [-0.4, -0.2) is 42.2 Å². The van der Waals surface area contributed by atoms with E-state index >= 15 is 0 Å². The maximum absolute atomic E-state index is 11.7. The number of morpholine rings is 1. The molecular formula is C10H13N3O2. The van der Waals surface area contributed by atoms with Gasteiger partial charge in [0.15, 0.2) is 0 Å². The van der Waals surface area contributed by atoms with Gasteiger partial charge in [-0.15, -0.1) is 0 Å². The predicted octanol–water partition coefficient (Wildman–Crippen LogP) is 0.0586. The molecule has 1 aromatic rings. The number of hydrogen-bond donors (Lipinski definition) is 1. The fraction of sp³-hybridized carbons (Fsp3) is 0.400. The summed E-state index contributed by atoms with van der Waals surface area (Å²) >= 11 is 0. The highest BCUT2D eigenvalue weighted by Crippen LogP contribution is 1.98. The van der Waals surface area contributed by atoms with Crippen LogP contribution in [-0.2, 0) is 4.74 Å². The highest BCUT2D eigenvalue weighted by atomic mass is 16.5. The van der Waals surface area contributed by atoms with E-state index in [2.05, 4.69) is 10.4 Å². The first kappa shape index (κ1) is 10.1. The van der Waals surface area contributed by atoms with Gasteiger partial charge in [-0.1, -0.05) is 0 Å². The normalized spacial score (nSPS) is 17.3. The lowest BCUT2D eigenvalue weighted by molar-refractivity contribution is 0.0126. The average molecular weight is 207 g/mol. The second-order valence-electron chi connectivity index (χ2n) is 3.28. The number of aromatic nitrogens is 1. The molecule has 15 heavy (non-hydrogen) atoms. The quantitative estimate of drug-likeness (QED) is 0.745. The highest BCUT2D eigenvalue weighted by molar-refractivity contribution is 5.93. The lowest BCUT2D eigenvalue weighted by atomic mass is 10.2. The van der Waals surface area contributed by atoms with E-state index in [1.807, 2.05) is 5.01 Å². The Hall–Kier alpha value is -1.46. The number of hydrazine groups is 1. The number of nitrogens with zero attached hydrogens (tertiary/aromatic N) is 2. The van der Waals surface area contributed by atoms with Crippen molar-refractivity contribution in [1.82, 2.24) is 15.4 Å².